The summed E-state index contributed by atoms with van der Waals surface area (Å²) in [6.07, 6.45) is 2.91. The van der Waals surface area contributed by atoms with Crippen molar-refractivity contribution in [2.24, 2.45) is 5.41 Å². The van der Waals surface area contributed by atoms with Crippen LogP contribution in [0.5, 0.6) is 0 Å². The van der Waals surface area contributed by atoms with Gasteiger partial charge in [-0.3, -0.25) is 9.69 Å². The Bertz CT molecular complexity index is 534. The normalized spacial score (nSPS) is 21.1. The van der Waals surface area contributed by atoms with E-state index < -0.39 is 0 Å². The third-order valence-corrected chi connectivity index (χ3v) is 5.67. The smallest absolute Gasteiger partial charge is 0.221 e. The summed E-state index contributed by atoms with van der Waals surface area (Å²) in [5.41, 5.74) is 1.57. The lowest BCUT2D eigenvalue weighted by molar-refractivity contribution is -0.122. The number of benzene rings is 1. The lowest BCUT2D eigenvalue weighted by Crippen LogP contribution is -2.47. The predicted molar refractivity (Wildman–Crippen MR) is 103 cm³/mol. The SMILES string of the molecule is CC1(CNC(=O)CCN2CCN(c3ccccc3)CC2)CCNCC1. The van der Waals surface area contributed by atoms with E-state index in [1.165, 1.54) is 5.69 Å². The molecule has 0 aliphatic carbocycles. The molecule has 1 aromatic carbocycles. The molecule has 5 nitrogen and oxygen atoms in total. The Morgan fingerprint density at radius 2 is 1.80 bits per heavy atom. The van der Waals surface area contributed by atoms with E-state index in [4.69, 9.17) is 0 Å². The number of amides is 1. The van der Waals surface area contributed by atoms with E-state index in [-0.39, 0.29) is 11.3 Å². The number of nitrogens with one attached hydrogen (secondary N) is 2. The average molecular weight is 345 g/mol. The fourth-order valence-electron chi connectivity index (χ4n) is 3.74. The van der Waals surface area contributed by atoms with E-state index in [2.05, 4.69) is 57.7 Å². The van der Waals surface area contributed by atoms with E-state index in [1.54, 1.807) is 0 Å². The number of hydrogen-bond donors (Lipinski definition) is 2. The molecule has 0 unspecified atom stereocenters. The number of rotatable bonds is 6. The molecule has 2 heterocycles. The van der Waals surface area contributed by atoms with Crippen LogP contribution in [0.3, 0.4) is 0 Å². The van der Waals surface area contributed by atoms with Crippen LogP contribution in [0.2, 0.25) is 0 Å². The number of carbonyl (C=O) groups excluding carboxylic acids is 1. The maximum absolute atomic E-state index is 12.2. The van der Waals surface area contributed by atoms with Gasteiger partial charge in [-0.05, 0) is 43.5 Å². The third-order valence-electron chi connectivity index (χ3n) is 5.67. The number of piperazine rings is 1. The maximum atomic E-state index is 12.2. The molecule has 1 aromatic rings. The first-order valence-corrected chi connectivity index (χ1v) is 9.64. The van der Waals surface area contributed by atoms with Crippen LogP contribution >= 0.6 is 0 Å². The number of carbonyl (C=O) groups is 1. The molecule has 25 heavy (non-hydrogen) atoms. The highest BCUT2D eigenvalue weighted by molar-refractivity contribution is 5.76. The van der Waals surface area contributed by atoms with Gasteiger partial charge in [-0.15, -0.1) is 0 Å². The molecule has 2 N–H and O–H groups in total. The monoisotopic (exact) mass is 344 g/mol. The van der Waals surface area contributed by atoms with Crippen molar-refractivity contribution in [2.75, 3.05) is 57.3 Å². The molecule has 2 saturated heterocycles. The molecule has 0 spiro atoms. The zero-order valence-corrected chi connectivity index (χ0v) is 15.5. The van der Waals surface area contributed by atoms with Crippen molar-refractivity contribution < 1.29 is 4.79 Å². The summed E-state index contributed by atoms with van der Waals surface area (Å²) in [6, 6.07) is 10.6. The van der Waals surface area contributed by atoms with E-state index in [1.807, 2.05) is 0 Å². The van der Waals surface area contributed by atoms with Crippen LogP contribution in [0.15, 0.2) is 30.3 Å². The average Bonchev–Trinajstić information content (AvgIpc) is 2.66. The number of para-hydroxylation sites is 1. The molecule has 2 aliphatic heterocycles. The largest absolute Gasteiger partial charge is 0.369 e. The van der Waals surface area contributed by atoms with Crippen molar-refractivity contribution in [2.45, 2.75) is 26.2 Å². The fourth-order valence-corrected chi connectivity index (χ4v) is 3.74. The van der Waals surface area contributed by atoms with Gasteiger partial charge in [-0.2, -0.15) is 0 Å². The minimum atomic E-state index is 0.199. The van der Waals surface area contributed by atoms with Crippen LogP contribution in [-0.4, -0.2) is 63.2 Å². The zero-order valence-electron chi connectivity index (χ0n) is 15.5. The lowest BCUT2D eigenvalue weighted by Gasteiger charge is -2.36. The molecule has 138 valence electrons. The van der Waals surface area contributed by atoms with Gasteiger partial charge in [0.05, 0.1) is 0 Å². The molecule has 2 aliphatic rings. The molecule has 5 heteroatoms. The summed E-state index contributed by atoms with van der Waals surface area (Å²) in [6.45, 7) is 10.2. The summed E-state index contributed by atoms with van der Waals surface area (Å²) in [5, 5.41) is 6.55. The summed E-state index contributed by atoms with van der Waals surface area (Å²) >= 11 is 0. The number of hydrogen-bond acceptors (Lipinski definition) is 4. The van der Waals surface area contributed by atoms with Crippen LogP contribution in [-0.2, 0) is 4.79 Å². The molecule has 0 radical (unpaired) electrons. The van der Waals surface area contributed by atoms with Crippen LogP contribution in [0.1, 0.15) is 26.2 Å². The molecule has 0 aromatic heterocycles. The van der Waals surface area contributed by atoms with Gasteiger partial charge in [0, 0.05) is 51.4 Å². The molecular formula is C20H32N4O. The molecule has 0 bridgehead atoms. The number of anilines is 1. The fraction of sp³-hybridized carbons (Fsp3) is 0.650. The molecule has 2 fully saturated rings. The van der Waals surface area contributed by atoms with Crippen LogP contribution in [0.25, 0.3) is 0 Å². The van der Waals surface area contributed by atoms with Gasteiger partial charge < -0.3 is 15.5 Å². The first-order chi connectivity index (χ1) is 12.1. The van der Waals surface area contributed by atoms with Gasteiger partial charge >= 0.3 is 0 Å². The second-order valence-electron chi connectivity index (χ2n) is 7.75. The van der Waals surface area contributed by atoms with Crippen LogP contribution < -0.4 is 15.5 Å². The first kappa shape index (κ1) is 18.2. The number of nitrogens with zero attached hydrogens (tertiary/aromatic N) is 2. The molecule has 0 atom stereocenters. The number of piperidine rings is 1. The molecule has 3 rings (SSSR count). The summed E-state index contributed by atoms with van der Waals surface area (Å²) in [7, 11) is 0. The van der Waals surface area contributed by atoms with Gasteiger partial charge in [0.15, 0.2) is 0 Å². The maximum Gasteiger partial charge on any atom is 0.221 e. The van der Waals surface area contributed by atoms with Crippen molar-refractivity contribution >= 4 is 11.6 Å². The van der Waals surface area contributed by atoms with E-state index in [0.29, 0.717) is 6.42 Å². The van der Waals surface area contributed by atoms with Crippen LogP contribution in [0, 0.1) is 5.41 Å². The highest BCUT2D eigenvalue weighted by Gasteiger charge is 2.27. The van der Waals surface area contributed by atoms with Crippen molar-refractivity contribution in [1.29, 1.82) is 0 Å². The molecule has 1 amide bonds. The summed E-state index contributed by atoms with van der Waals surface area (Å²) in [4.78, 5) is 17.0. The zero-order chi connectivity index (χ0) is 17.5. The highest BCUT2D eigenvalue weighted by atomic mass is 16.1. The summed E-state index contributed by atoms with van der Waals surface area (Å²) in [5.74, 6) is 0.199. The van der Waals surface area contributed by atoms with Crippen molar-refractivity contribution in [3.05, 3.63) is 30.3 Å². The Morgan fingerprint density at radius 3 is 2.48 bits per heavy atom. The standard InChI is InChI=1S/C20H32N4O/c1-20(8-10-21-11-9-20)17-22-19(25)7-12-23-13-15-24(16-14-23)18-5-3-2-4-6-18/h2-6,21H,7-17H2,1H3,(H,22,25). The second-order valence-corrected chi connectivity index (χ2v) is 7.75. The Kier molecular flexibility index (Phi) is 6.32. The first-order valence-electron chi connectivity index (χ1n) is 9.64. The Balaban J connectivity index is 1.33. The van der Waals surface area contributed by atoms with Crippen LogP contribution in [0.4, 0.5) is 5.69 Å². The van der Waals surface area contributed by atoms with Gasteiger partial charge in [0.2, 0.25) is 5.91 Å². The minimum absolute atomic E-state index is 0.199. The van der Waals surface area contributed by atoms with Gasteiger partial charge in [0.1, 0.15) is 0 Å². The quantitative estimate of drug-likeness (QED) is 0.825. The second kappa shape index (κ2) is 8.68. The lowest BCUT2D eigenvalue weighted by atomic mass is 9.81. The summed E-state index contributed by atoms with van der Waals surface area (Å²) < 4.78 is 0. The Hall–Kier alpha value is -1.59. The minimum Gasteiger partial charge on any atom is -0.369 e. The third kappa shape index (κ3) is 5.44. The molecule has 0 saturated carbocycles. The van der Waals surface area contributed by atoms with Crippen molar-refractivity contribution in [3.8, 4) is 0 Å². The van der Waals surface area contributed by atoms with Crippen molar-refractivity contribution in [3.63, 3.8) is 0 Å². The molecular weight excluding hydrogens is 312 g/mol. The van der Waals surface area contributed by atoms with Gasteiger partial charge in [-0.25, -0.2) is 0 Å². The Morgan fingerprint density at radius 1 is 1.12 bits per heavy atom. The Labute approximate surface area is 151 Å². The predicted octanol–water partition coefficient (Wildman–Crippen LogP) is 1.70. The van der Waals surface area contributed by atoms with Gasteiger partial charge in [0.25, 0.3) is 0 Å². The van der Waals surface area contributed by atoms with E-state index >= 15 is 0 Å². The van der Waals surface area contributed by atoms with Gasteiger partial charge in [-0.1, -0.05) is 25.1 Å². The topological polar surface area (TPSA) is 47.6 Å². The van der Waals surface area contributed by atoms with Crippen molar-refractivity contribution in [1.82, 2.24) is 15.5 Å². The highest BCUT2D eigenvalue weighted by Crippen LogP contribution is 2.26. The van der Waals surface area contributed by atoms with E-state index in [0.717, 1.165) is 65.2 Å². The van der Waals surface area contributed by atoms with E-state index in [9.17, 15) is 4.79 Å².